The summed E-state index contributed by atoms with van der Waals surface area (Å²) in [6.07, 6.45) is 0. The quantitative estimate of drug-likeness (QED) is 0.454. The lowest BCUT2D eigenvalue weighted by Gasteiger charge is -1.96. The fraction of sp³-hybridized carbons (Fsp3) is 0.200. The first-order chi connectivity index (χ1) is 8.88. The van der Waals surface area contributed by atoms with Crippen molar-refractivity contribution in [1.29, 1.82) is 0 Å². The summed E-state index contributed by atoms with van der Waals surface area (Å²) in [7, 11) is -1.81. The van der Waals surface area contributed by atoms with E-state index in [9.17, 15) is 13.2 Å². The van der Waals surface area contributed by atoms with Gasteiger partial charge >= 0.3 is 5.51 Å². The maximum absolute atomic E-state index is 13.3. The van der Waals surface area contributed by atoms with Crippen molar-refractivity contribution in [3.8, 4) is 0 Å². The van der Waals surface area contributed by atoms with Gasteiger partial charge in [-0.3, -0.25) is 0 Å². The van der Waals surface area contributed by atoms with Crippen LogP contribution in [0, 0.1) is 13.8 Å². The fourth-order valence-electron chi connectivity index (χ4n) is 2.43. The highest BCUT2D eigenvalue weighted by atomic mass is 32.2. The Labute approximate surface area is 111 Å². The van der Waals surface area contributed by atoms with Crippen LogP contribution in [0.25, 0.3) is 20.2 Å². The SMILES string of the molecule is Cc1ccc2c(c1)c1cc(C)ccc1[s+]2C(F)(F)F. The van der Waals surface area contributed by atoms with Crippen LogP contribution in [-0.4, -0.2) is 0 Å². The van der Waals surface area contributed by atoms with E-state index < -0.39 is 16.0 Å². The van der Waals surface area contributed by atoms with Crippen molar-refractivity contribution in [2.24, 2.45) is 0 Å². The monoisotopic (exact) mass is 281 g/mol. The van der Waals surface area contributed by atoms with Gasteiger partial charge in [-0.05, 0) is 38.1 Å². The van der Waals surface area contributed by atoms with Gasteiger partial charge in [0.05, 0.1) is 0 Å². The Bertz CT molecular complexity index is 722. The molecule has 0 radical (unpaired) electrons. The third-order valence-corrected chi connectivity index (χ3v) is 5.29. The first kappa shape index (κ1) is 12.5. The summed E-state index contributed by atoms with van der Waals surface area (Å²) in [6, 6.07) is 10.5. The lowest BCUT2D eigenvalue weighted by molar-refractivity contribution is -0.0862. The molecule has 0 bridgehead atoms. The average Bonchev–Trinajstić information content (AvgIpc) is 2.62. The molecule has 19 heavy (non-hydrogen) atoms. The minimum Gasteiger partial charge on any atom is -0.118 e. The first-order valence-corrected chi connectivity index (χ1v) is 7.13. The molecule has 3 rings (SSSR count). The van der Waals surface area contributed by atoms with E-state index in [4.69, 9.17) is 0 Å². The van der Waals surface area contributed by atoms with E-state index in [0.29, 0.717) is 9.40 Å². The number of thiophene rings is 1. The summed E-state index contributed by atoms with van der Waals surface area (Å²) in [5, 5.41) is 1.47. The summed E-state index contributed by atoms with van der Waals surface area (Å²) in [5.41, 5.74) is -2.25. The van der Waals surface area contributed by atoms with Crippen LogP contribution in [0.15, 0.2) is 36.4 Å². The number of alkyl halides is 3. The maximum atomic E-state index is 13.3. The van der Waals surface area contributed by atoms with Crippen LogP contribution in [-0.2, 0) is 5.51 Å². The van der Waals surface area contributed by atoms with Crippen LogP contribution < -0.4 is 0 Å². The summed E-state index contributed by atoms with van der Waals surface area (Å²) < 4.78 is 40.8. The van der Waals surface area contributed by atoms with Gasteiger partial charge in [-0.25, -0.2) is 0 Å². The summed E-state index contributed by atoms with van der Waals surface area (Å²) in [6.45, 7) is 3.81. The van der Waals surface area contributed by atoms with Crippen LogP contribution in [0.2, 0.25) is 0 Å². The van der Waals surface area contributed by atoms with Crippen molar-refractivity contribution < 1.29 is 13.2 Å². The standard InChI is InChI=1S/C15H12F3S/c1-9-3-5-13-11(7-9)12-8-10(2)4-6-14(12)19(13)15(16,17)18/h3-8H,1-2H3/q+1. The minimum atomic E-state index is -4.22. The van der Waals surface area contributed by atoms with Gasteiger partial charge in [0.15, 0.2) is 9.40 Å². The highest BCUT2D eigenvalue weighted by molar-refractivity contribution is 7.43. The molecule has 1 aromatic heterocycles. The maximum Gasteiger partial charge on any atom is 0.601 e. The van der Waals surface area contributed by atoms with Crippen molar-refractivity contribution in [2.45, 2.75) is 19.4 Å². The van der Waals surface area contributed by atoms with E-state index in [1.807, 2.05) is 26.0 Å². The fourth-order valence-corrected chi connectivity index (χ4v) is 4.35. The molecule has 2 aromatic carbocycles. The lowest BCUT2D eigenvalue weighted by Crippen LogP contribution is -1.95. The zero-order valence-corrected chi connectivity index (χ0v) is 11.3. The molecule has 3 aromatic rings. The number of aryl methyl sites for hydroxylation is 2. The zero-order valence-electron chi connectivity index (χ0n) is 10.5. The van der Waals surface area contributed by atoms with Gasteiger partial charge in [0, 0.05) is 10.8 Å². The van der Waals surface area contributed by atoms with E-state index in [0.717, 1.165) is 21.9 Å². The predicted molar refractivity (Wildman–Crippen MR) is 74.7 cm³/mol. The van der Waals surface area contributed by atoms with Gasteiger partial charge in [-0.1, -0.05) is 23.3 Å². The Kier molecular flexibility index (Phi) is 2.61. The van der Waals surface area contributed by atoms with Crippen molar-refractivity contribution in [3.05, 3.63) is 47.5 Å². The second-order valence-corrected chi connectivity index (χ2v) is 6.71. The molecule has 0 aliphatic heterocycles. The molecule has 0 amide bonds. The molecular formula is C15H12F3S+. The number of rotatable bonds is 0. The third kappa shape index (κ3) is 1.91. The number of fused-ring (bicyclic) bond motifs is 3. The Morgan fingerprint density at radius 2 is 1.21 bits per heavy atom. The molecule has 0 fully saturated rings. The van der Waals surface area contributed by atoms with Crippen LogP contribution >= 0.6 is 10.5 Å². The predicted octanol–water partition coefficient (Wildman–Crippen LogP) is 5.84. The molecule has 0 nitrogen and oxygen atoms in total. The van der Waals surface area contributed by atoms with Crippen molar-refractivity contribution >= 4 is 30.6 Å². The first-order valence-electron chi connectivity index (χ1n) is 5.91. The highest BCUT2D eigenvalue weighted by Crippen LogP contribution is 2.54. The molecule has 4 heteroatoms. The van der Waals surface area contributed by atoms with E-state index in [1.165, 1.54) is 0 Å². The topological polar surface area (TPSA) is 0 Å². The van der Waals surface area contributed by atoms with E-state index in [1.54, 1.807) is 24.3 Å². The van der Waals surface area contributed by atoms with Crippen molar-refractivity contribution in [1.82, 2.24) is 0 Å². The van der Waals surface area contributed by atoms with Crippen LogP contribution in [0.1, 0.15) is 11.1 Å². The second kappa shape index (κ2) is 3.97. The van der Waals surface area contributed by atoms with Gasteiger partial charge in [-0.15, -0.1) is 13.2 Å². The van der Waals surface area contributed by atoms with E-state index >= 15 is 0 Å². The number of halogens is 3. The molecule has 0 aliphatic carbocycles. The molecule has 98 valence electrons. The van der Waals surface area contributed by atoms with Crippen LogP contribution in [0.3, 0.4) is 0 Å². The molecule has 0 saturated heterocycles. The van der Waals surface area contributed by atoms with E-state index in [-0.39, 0.29) is 0 Å². The van der Waals surface area contributed by atoms with Gasteiger partial charge < -0.3 is 0 Å². The molecule has 0 unspecified atom stereocenters. The summed E-state index contributed by atoms with van der Waals surface area (Å²) in [4.78, 5) is 0. The van der Waals surface area contributed by atoms with Gasteiger partial charge in [0.25, 0.3) is 0 Å². The molecule has 0 atom stereocenters. The van der Waals surface area contributed by atoms with E-state index in [2.05, 4.69) is 0 Å². The molecular weight excluding hydrogens is 269 g/mol. The van der Waals surface area contributed by atoms with Crippen molar-refractivity contribution in [2.75, 3.05) is 0 Å². The molecule has 0 saturated carbocycles. The zero-order chi connectivity index (χ0) is 13.8. The smallest absolute Gasteiger partial charge is 0.118 e. The Morgan fingerprint density at radius 1 is 0.789 bits per heavy atom. The normalized spacial score (nSPS) is 12.5. The second-order valence-electron chi connectivity index (χ2n) is 4.75. The average molecular weight is 281 g/mol. The molecule has 0 spiro atoms. The molecule has 1 heterocycles. The van der Waals surface area contributed by atoms with Crippen molar-refractivity contribution in [3.63, 3.8) is 0 Å². The van der Waals surface area contributed by atoms with Crippen LogP contribution in [0.4, 0.5) is 13.2 Å². The Morgan fingerprint density at radius 3 is 1.58 bits per heavy atom. The third-order valence-electron chi connectivity index (χ3n) is 3.23. The Hall–Kier alpha value is -1.55. The van der Waals surface area contributed by atoms with Gasteiger partial charge in [0.2, 0.25) is 0 Å². The van der Waals surface area contributed by atoms with Gasteiger partial charge in [0.1, 0.15) is 10.5 Å². The largest absolute Gasteiger partial charge is 0.601 e. The number of hydrogen-bond donors (Lipinski definition) is 0. The summed E-state index contributed by atoms with van der Waals surface area (Å²) in [5.74, 6) is 0. The highest BCUT2D eigenvalue weighted by Gasteiger charge is 2.47. The van der Waals surface area contributed by atoms with Crippen LogP contribution in [0.5, 0.6) is 0 Å². The van der Waals surface area contributed by atoms with Gasteiger partial charge in [-0.2, -0.15) is 0 Å². The molecule has 0 aliphatic rings. The minimum absolute atomic E-state index is 0.402. The number of hydrogen-bond acceptors (Lipinski definition) is 0. The molecule has 0 N–H and O–H groups in total. The lowest BCUT2D eigenvalue weighted by atomic mass is 10.1. The number of benzene rings is 2. The Balaban J connectivity index is 2.58. The summed E-state index contributed by atoms with van der Waals surface area (Å²) >= 11 is 0.